The number of halogens is 1. The van der Waals surface area contributed by atoms with Crippen molar-refractivity contribution in [2.75, 3.05) is 38.6 Å². The van der Waals surface area contributed by atoms with Crippen molar-refractivity contribution in [1.29, 1.82) is 0 Å². The highest BCUT2D eigenvalue weighted by Gasteiger charge is 2.12. The Morgan fingerprint density at radius 2 is 1.77 bits per heavy atom. The fraction of sp³-hybridized carbons (Fsp3) is 0.350. The summed E-state index contributed by atoms with van der Waals surface area (Å²) in [6.45, 7) is 5.62. The highest BCUT2D eigenvalue weighted by Crippen LogP contribution is 2.30. The predicted molar refractivity (Wildman–Crippen MR) is 118 cm³/mol. The number of nitrogens with two attached hydrogens (primary N) is 1. The molecule has 0 fully saturated rings. The van der Waals surface area contributed by atoms with E-state index in [1.165, 1.54) is 18.2 Å². The number of nitro benzene ring substituents is 1. The number of anilines is 1. The lowest BCUT2D eigenvalue weighted by atomic mass is 10.2. The van der Waals surface area contributed by atoms with Gasteiger partial charge in [0.05, 0.1) is 36.3 Å². The van der Waals surface area contributed by atoms with Gasteiger partial charge in [0.2, 0.25) is 0 Å². The van der Waals surface area contributed by atoms with Crippen LogP contribution in [0.3, 0.4) is 0 Å². The lowest BCUT2D eigenvalue weighted by Crippen LogP contribution is -2.51. The lowest BCUT2D eigenvalue weighted by molar-refractivity contribution is -0.900. The van der Waals surface area contributed by atoms with Crippen LogP contribution in [0.15, 0.2) is 52.7 Å². The number of aliphatic carboxylic acids is 1. The first kappa shape index (κ1) is 26.0. The molecule has 0 aliphatic heterocycles. The van der Waals surface area contributed by atoms with Gasteiger partial charge in [-0.25, -0.2) is 0 Å². The van der Waals surface area contributed by atoms with Crippen LogP contribution in [0.4, 0.5) is 22.7 Å². The van der Waals surface area contributed by atoms with Crippen molar-refractivity contribution in [3.05, 3.63) is 57.6 Å². The normalized spacial score (nSPS) is 11.0. The minimum atomic E-state index is -1.08. The van der Waals surface area contributed by atoms with E-state index < -0.39 is 10.9 Å². The number of carboxylic acids is 1. The second-order valence-electron chi connectivity index (χ2n) is 7.18. The lowest BCUT2D eigenvalue weighted by Gasteiger charge is -2.28. The molecule has 31 heavy (non-hydrogen) atoms. The second kappa shape index (κ2) is 11.9. The average molecular weight is 451 g/mol. The summed E-state index contributed by atoms with van der Waals surface area (Å²) in [5, 5.41) is 28.0. The number of carboxylic acid groups (broad SMARTS) is 1. The molecule has 0 radical (unpaired) electrons. The number of quaternary nitrogens is 1. The number of non-ortho nitro benzene ring substituents is 1. The fourth-order valence-corrected chi connectivity index (χ4v) is 2.59. The quantitative estimate of drug-likeness (QED) is 0.215. The molecule has 2 N–H and O–H groups in total. The summed E-state index contributed by atoms with van der Waals surface area (Å²) in [6.07, 6.45) is 0. The maximum absolute atomic E-state index is 10.7. The number of benzene rings is 2. The standard InChI is InChI=1S/C18H24ClN6O2.C2H4O2/c1-4-23(11-12-25(2,3)20)15-7-5-14(6-8-15)21-22-18-10-9-16(24(26)27)13-17(18)19;1-2(3)4/h5-10,13H,4,11-12,20H2,1-3H3;1H3,(H,3,4)/q+1;/p-1. The van der Waals surface area contributed by atoms with Crippen molar-refractivity contribution >= 4 is 40.3 Å². The Balaban J connectivity index is 0.00000110. The number of hydrogen-bond acceptors (Lipinski definition) is 8. The zero-order chi connectivity index (χ0) is 23.6. The van der Waals surface area contributed by atoms with E-state index >= 15 is 0 Å². The molecule has 0 amide bonds. The van der Waals surface area contributed by atoms with Crippen LogP contribution in [0.25, 0.3) is 0 Å². The SMILES string of the molecule is CC(=O)[O-].CCN(CC[N+](C)(C)N)c1ccc(N=Nc2ccc([N+](=O)[O-])cc2Cl)cc1. The van der Waals surface area contributed by atoms with Gasteiger partial charge in [-0.3, -0.25) is 14.7 Å². The number of carbonyl (C=O) groups is 1. The largest absolute Gasteiger partial charge is 0.550 e. The Hall–Kier alpha value is -3.08. The van der Waals surface area contributed by atoms with Crippen LogP contribution in [-0.2, 0) is 4.79 Å². The van der Waals surface area contributed by atoms with Crippen molar-refractivity contribution < 1.29 is 19.4 Å². The summed E-state index contributed by atoms with van der Waals surface area (Å²) in [4.78, 5) is 21.4. The number of carbonyl (C=O) groups excluding carboxylic acids is 1. The van der Waals surface area contributed by atoms with Gasteiger partial charge in [0.15, 0.2) is 0 Å². The zero-order valence-corrected chi connectivity index (χ0v) is 18.7. The van der Waals surface area contributed by atoms with Gasteiger partial charge in [-0.1, -0.05) is 11.6 Å². The molecular formula is C20H27ClN6O4. The molecule has 0 atom stereocenters. The first-order valence-corrected chi connectivity index (χ1v) is 9.80. The Kier molecular flexibility index (Phi) is 10.00. The van der Waals surface area contributed by atoms with E-state index in [9.17, 15) is 10.1 Å². The Morgan fingerprint density at radius 3 is 2.23 bits per heavy atom. The third-order valence-electron chi connectivity index (χ3n) is 3.96. The minimum absolute atomic E-state index is 0.0813. The van der Waals surface area contributed by atoms with Crippen molar-refractivity contribution in [2.24, 2.45) is 16.1 Å². The van der Waals surface area contributed by atoms with Gasteiger partial charge in [-0.05, 0) is 44.2 Å². The van der Waals surface area contributed by atoms with Crippen LogP contribution in [0.2, 0.25) is 5.02 Å². The van der Waals surface area contributed by atoms with Gasteiger partial charge < -0.3 is 14.8 Å². The van der Waals surface area contributed by atoms with Gasteiger partial charge in [0.1, 0.15) is 12.2 Å². The molecular weight excluding hydrogens is 424 g/mol. The van der Waals surface area contributed by atoms with Crippen LogP contribution in [0, 0.1) is 10.1 Å². The molecule has 0 bridgehead atoms. The van der Waals surface area contributed by atoms with E-state index in [0.29, 0.717) is 16.0 Å². The first-order valence-electron chi connectivity index (χ1n) is 9.42. The molecule has 2 rings (SSSR count). The van der Waals surface area contributed by atoms with Crippen molar-refractivity contribution in [3.63, 3.8) is 0 Å². The highest BCUT2D eigenvalue weighted by molar-refractivity contribution is 6.33. The summed E-state index contributed by atoms with van der Waals surface area (Å²) in [6, 6.07) is 11.8. The molecule has 11 heteroatoms. The smallest absolute Gasteiger partial charge is 0.271 e. The molecule has 0 aromatic heterocycles. The highest BCUT2D eigenvalue weighted by atomic mass is 35.5. The summed E-state index contributed by atoms with van der Waals surface area (Å²) in [7, 11) is 3.92. The summed E-state index contributed by atoms with van der Waals surface area (Å²) >= 11 is 6.02. The van der Waals surface area contributed by atoms with Gasteiger partial charge in [0.25, 0.3) is 5.69 Å². The molecule has 0 heterocycles. The fourth-order valence-electron chi connectivity index (χ4n) is 2.38. The molecule has 0 unspecified atom stereocenters. The topological polar surface area (TPSA) is 137 Å². The number of nitrogens with zero attached hydrogens (tertiary/aromatic N) is 5. The molecule has 2 aromatic rings. The van der Waals surface area contributed by atoms with Gasteiger partial charge in [0, 0.05) is 30.3 Å². The van der Waals surface area contributed by atoms with E-state index in [4.69, 9.17) is 27.3 Å². The van der Waals surface area contributed by atoms with E-state index in [0.717, 1.165) is 32.2 Å². The third kappa shape index (κ3) is 9.98. The molecule has 0 aliphatic rings. The summed E-state index contributed by atoms with van der Waals surface area (Å²) in [5.74, 6) is 4.93. The van der Waals surface area contributed by atoms with E-state index in [-0.39, 0.29) is 10.7 Å². The van der Waals surface area contributed by atoms with Crippen molar-refractivity contribution in [2.45, 2.75) is 13.8 Å². The molecule has 0 spiro atoms. The maximum Gasteiger partial charge on any atom is 0.271 e. The zero-order valence-electron chi connectivity index (χ0n) is 18.0. The summed E-state index contributed by atoms with van der Waals surface area (Å²) in [5.41, 5.74) is 2.05. The molecule has 0 saturated carbocycles. The number of nitro groups is 1. The third-order valence-corrected chi connectivity index (χ3v) is 4.26. The first-order chi connectivity index (χ1) is 14.4. The monoisotopic (exact) mass is 450 g/mol. The van der Waals surface area contributed by atoms with Crippen LogP contribution < -0.4 is 15.8 Å². The van der Waals surface area contributed by atoms with Crippen molar-refractivity contribution in [1.82, 2.24) is 0 Å². The predicted octanol–water partition coefficient (Wildman–Crippen LogP) is 3.20. The van der Waals surface area contributed by atoms with Crippen LogP contribution in [-0.4, -0.2) is 49.2 Å². The number of azo groups is 1. The minimum Gasteiger partial charge on any atom is -0.550 e. The van der Waals surface area contributed by atoms with Crippen LogP contribution in [0.1, 0.15) is 13.8 Å². The molecule has 10 nitrogen and oxygen atoms in total. The van der Waals surface area contributed by atoms with E-state index in [1.807, 2.05) is 38.4 Å². The van der Waals surface area contributed by atoms with E-state index in [1.54, 1.807) is 0 Å². The summed E-state index contributed by atoms with van der Waals surface area (Å²) < 4.78 is 0.415. The van der Waals surface area contributed by atoms with Gasteiger partial charge in [-0.15, -0.1) is 5.11 Å². The Morgan fingerprint density at radius 1 is 1.19 bits per heavy atom. The van der Waals surface area contributed by atoms with Gasteiger partial charge >= 0.3 is 0 Å². The average Bonchev–Trinajstić information content (AvgIpc) is 2.67. The molecule has 0 saturated heterocycles. The van der Waals surface area contributed by atoms with Crippen LogP contribution >= 0.6 is 11.6 Å². The number of likely N-dealkylation sites (N-methyl/N-ethyl adjacent to an activating group) is 2. The Bertz CT molecular complexity index is 909. The van der Waals surface area contributed by atoms with Gasteiger partial charge in [-0.2, -0.15) is 11.0 Å². The van der Waals surface area contributed by atoms with Crippen molar-refractivity contribution in [3.8, 4) is 0 Å². The van der Waals surface area contributed by atoms with Crippen LogP contribution in [0.5, 0.6) is 0 Å². The molecule has 2 aromatic carbocycles. The molecule has 168 valence electrons. The molecule has 0 aliphatic carbocycles. The Labute approximate surface area is 186 Å². The van der Waals surface area contributed by atoms with E-state index in [2.05, 4.69) is 22.1 Å². The number of rotatable bonds is 8. The number of hydrogen-bond donors (Lipinski definition) is 1. The maximum atomic E-state index is 10.7. The second-order valence-corrected chi connectivity index (χ2v) is 7.59.